The van der Waals surface area contributed by atoms with Crippen LogP contribution in [0.4, 0.5) is 22.0 Å². The van der Waals surface area contributed by atoms with E-state index >= 15 is 8.78 Å². The van der Waals surface area contributed by atoms with Gasteiger partial charge in [0, 0.05) is 64.0 Å². The Morgan fingerprint density at radius 1 is 0.339 bits per heavy atom. The highest BCUT2D eigenvalue weighted by molar-refractivity contribution is 9.10. The molecule has 6 nitrogen and oxygen atoms in total. The maximum atomic E-state index is 15.9. The summed E-state index contributed by atoms with van der Waals surface area (Å²) in [5.41, 5.74) is 14.7. The molecule has 0 amide bonds. The Morgan fingerprint density at radius 3 is 0.927 bits per heavy atom. The van der Waals surface area contributed by atoms with Crippen molar-refractivity contribution in [2.45, 2.75) is 170 Å². The maximum Gasteiger partial charge on any atom is 0.569 e. The topological polar surface area (TPSA) is 88.4 Å². The molecule has 0 aromatic heterocycles. The van der Waals surface area contributed by atoms with Gasteiger partial charge >= 0.3 is 21.9 Å². The fourth-order valence-electron chi connectivity index (χ4n) is 12.7. The molecule has 1 radical (unpaired) electrons. The molecule has 13 aromatic carbocycles. The summed E-state index contributed by atoms with van der Waals surface area (Å²) in [5, 5.41) is 28.4. The molecule has 1 aliphatic rings. The molecule has 20 heteroatoms. The van der Waals surface area contributed by atoms with Crippen LogP contribution in [0.2, 0.25) is 20.1 Å². The number of hydrogen-bond acceptors (Lipinski definition) is 6. The SMILES string of the molecule is Brc1ccccc1.CC(C)(C)c1ccc(-c2cc(B3OC(C)(C)C(C)(C)O3)cc(-c3ccccc3)c2F)cc1.CC(C)(C)c1ccc(-c2cc(Cl)cc(-c3ccccc3)c2F)cc1.CC(C)(C)c1ccc(-c2cc(Cl)cc(O[B]O)c2F)cc1.CC(C)(C)c1ccc(-c2cc(Cl)ccc2F)cc1.CC(C)(C)c1ccc(B(O)O)cc1.Fc1ccc(Cl)cc1Br. The second kappa shape index (κ2) is 43.8. The predicted molar refractivity (Wildman–Crippen MR) is 521 cm³/mol. The number of rotatable bonds is 10. The predicted octanol–water partition coefficient (Wildman–Crippen LogP) is 30.0. The first-order chi connectivity index (χ1) is 58.0. The molecule has 1 aliphatic heterocycles. The molecule has 3 N–H and O–H groups in total. The third kappa shape index (κ3) is 28.7. The standard InChI is InChI=1S/C28H32BFO2.C22H20ClF.C16H16BClFO2.C16H16ClF.C10H15BO2.C6H3BrClF.C6H5Br/c1-26(2,3)21-15-13-20(14-16-21)24-18-22(29-31-27(4,5)28(6,7)32-29)17-23(25(24)30)19-11-9-8-10-12-19;1-22(2,3)17-11-9-16(10-12-17)20-14-18(23)13-19(21(20)24)15-7-5-4-6-8-15;1-16(2,3)11-6-4-10(5-7-11)13-8-12(18)9-14(15(13)19)21-17-20;1-16(2,3)12-6-4-11(5-7-12)14-10-13(17)8-9-15(14)18;1-10(2,3)8-4-6-9(7-5-8)11(12)13;7-5-3-4(8)1-2-6(5)9;7-6-4-2-1-3-5-6/h8-18H,1-7H3;4-14H,1-3H3;4-9,20H,1-3H3;4-10H,1-3H3;4-7,12-13H,1-3H3;1-3H;1-5H. The van der Waals surface area contributed by atoms with Gasteiger partial charge < -0.3 is 29.0 Å². The molecule has 1 heterocycles. The molecular formula is C104H107B3Br2Cl4F5O6. The van der Waals surface area contributed by atoms with Crippen molar-refractivity contribution >= 4 is 111 Å². The highest BCUT2D eigenvalue weighted by Crippen LogP contribution is 2.42. The highest BCUT2D eigenvalue weighted by atomic mass is 79.9. The zero-order valence-electron chi connectivity index (χ0n) is 73.6. The summed E-state index contributed by atoms with van der Waals surface area (Å²) < 4.78 is 90.3. The van der Waals surface area contributed by atoms with Crippen molar-refractivity contribution < 1.29 is 51.0 Å². The molecule has 0 atom stereocenters. The van der Waals surface area contributed by atoms with Crippen LogP contribution in [0, 0.1) is 29.1 Å². The number of hydrogen-bond donors (Lipinski definition) is 3. The summed E-state index contributed by atoms with van der Waals surface area (Å²) in [7, 11) is -1.49. The Morgan fingerprint density at radius 2 is 0.621 bits per heavy atom. The van der Waals surface area contributed by atoms with E-state index in [0.717, 1.165) is 43.3 Å². The molecule has 1 saturated heterocycles. The van der Waals surface area contributed by atoms with Crippen molar-refractivity contribution in [3.63, 3.8) is 0 Å². The van der Waals surface area contributed by atoms with Crippen molar-refractivity contribution in [2.24, 2.45) is 0 Å². The normalized spacial score (nSPS) is 12.8. The van der Waals surface area contributed by atoms with Gasteiger partial charge in [0.1, 0.15) is 29.0 Å². The van der Waals surface area contributed by atoms with Gasteiger partial charge in [-0.15, -0.1) is 0 Å². The van der Waals surface area contributed by atoms with Gasteiger partial charge in [-0.25, -0.2) is 22.0 Å². The van der Waals surface area contributed by atoms with E-state index < -0.39 is 31.3 Å². The van der Waals surface area contributed by atoms with Gasteiger partial charge in [0.05, 0.1) is 15.7 Å². The van der Waals surface area contributed by atoms with Crippen LogP contribution in [0.1, 0.15) is 159 Å². The summed E-state index contributed by atoms with van der Waals surface area (Å²) in [6.07, 6.45) is 0. The Hall–Kier alpha value is -8.58. The molecular weight excluding hydrogens is 1770 g/mol. The van der Waals surface area contributed by atoms with E-state index in [1.807, 2.05) is 216 Å². The van der Waals surface area contributed by atoms with Crippen LogP contribution in [0.5, 0.6) is 5.75 Å². The minimum Gasteiger partial charge on any atom is -0.535 e. The summed E-state index contributed by atoms with van der Waals surface area (Å²) in [5.74, 6) is -1.69. The van der Waals surface area contributed by atoms with Crippen LogP contribution < -0.4 is 15.6 Å². The minimum atomic E-state index is -1.37. The summed E-state index contributed by atoms with van der Waals surface area (Å²) in [6.45, 7) is 40.3. The van der Waals surface area contributed by atoms with Crippen LogP contribution in [-0.2, 0) is 36.4 Å². The number of benzene rings is 13. The Labute approximate surface area is 769 Å². The zero-order chi connectivity index (χ0) is 91.6. The van der Waals surface area contributed by atoms with E-state index in [1.54, 1.807) is 36.4 Å². The van der Waals surface area contributed by atoms with Crippen LogP contribution in [0.15, 0.2) is 294 Å². The molecule has 13 aromatic rings. The van der Waals surface area contributed by atoms with E-state index in [1.165, 1.54) is 58.7 Å². The van der Waals surface area contributed by atoms with Crippen molar-refractivity contribution in [2.75, 3.05) is 0 Å². The smallest absolute Gasteiger partial charge is 0.535 e. The first kappa shape index (κ1) is 101. The van der Waals surface area contributed by atoms with Crippen molar-refractivity contribution in [3.8, 4) is 72.5 Å². The van der Waals surface area contributed by atoms with Crippen LogP contribution >= 0.6 is 78.3 Å². The van der Waals surface area contributed by atoms with Crippen molar-refractivity contribution in [1.82, 2.24) is 0 Å². The lowest BCUT2D eigenvalue weighted by Gasteiger charge is -2.32. The third-order valence-electron chi connectivity index (χ3n) is 20.9. The lowest BCUT2D eigenvalue weighted by molar-refractivity contribution is 0.00578. The zero-order valence-corrected chi connectivity index (χ0v) is 79.8. The fraction of sp³-hybridized carbons (Fsp3) is 0.250. The average Bonchev–Trinajstić information content (AvgIpc) is 1.60. The van der Waals surface area contributed by atoms with Crippen LogP contribution in [0.25, 0.3) is 66.8 Å². The molecule has 1 fully saturated rings. The van der Waals surface area contributed by atoms with E-state index in [4.69, 9.17) is 75.4 Å². The van der Waals surface area contributed by atoms with Crippen molar-refractivity contribution in [1.29, 1.82) is 0 Å². The Bertz CT molecular complexity index is 5610. The number of halogens is 11. The van der Waals surface area contributed by atoms with Gasteiger partial charge in [-0.3, -0.25) is 0 Å². The molecule has 124 heavy (non-hydrogen) atoms. The van der Waals surface area contributed by atoms with Gasteiger partial charge in [-0.1, -0.05) is 379 Å². The molecule has 0 aliphatic carbocycles. The first-order valence-corrected chi connectivity index (χ1v) is 43.6. The third-order valence-corrected chi connectivity index (χ3v) is 22.9. The van der Waals surface area contributed by atoms with Crippen LogP contribution in [0.3, 0.4) is 0 Å². The van der Waals surface area contributed by atoms with Gasteiger partial charge in [0.2, 0.25) is 0 Å². The van der Waals surface area contributed by atoms with E-state index in [0.29, 0.717) is 76.7 Å². The van der Waals surface area contributed by atoms with Crippen molar-refractivity contribution in [3.05, 3.63) is 371 Å². The van der Waals surface area contributed by atoms with Crippen LogP contribution in [-0.4, -0.2) is 48.2 Å². The second-order valence-corrected chi connectivity index (χ2v) is 39.6. The summed E-state index contributed by atoms with van der Waals surface area (Å²) in [6, 6.07) is 87.1. The summed E-state index contributed by atoms with van der Waals surface area (Å²) in [4.78, 5) is 0. The minimum absolute atomic E-state index is 0.0333. The average molecular weight is 1880 g/mol. The lowest BCUT2D eigenvalue weighted by atomic mass is 9.76. The molecule has 645 valence electrons. The van der Waals surface area contributed by atoms with Gasteiger partial charge in [-0.05, 0) is 210 Å². The molecule has 0 spiro atoms. The van der Waals surface area contributed by atoms with Gasteiger partial charge in [0.15, 0.2) is 5.82 Å². The fourth-order valence-corrected chi connectivity index (χ4v) is 14.3. The quantitative estimate of drug-likeness (QED) is 0.0718. The van der Waals surface area contributed by atoms with Gasteiger partial charge in [-0.2, -0.15) is 0 Å². The lowest BCUT2D eigenvalue weighted by Crippen LogP contribution is -2.41. The van der Waals surface area contributed by atoms with Gasteiger partial charge in [0.25, 0.3) is 0 Å². The first-order valence-electron chi connectivity index (χ1n) is 40.5. The van der Waals surface area contributed by atoms with E-state index in [-0.39, 0.29) is 56.1 Å². The molecule has 14 rings (SSSR count). The largest absolute Gasteiger partial charge is 0.569 e. The maximum absolute atomic E-state index is 15.9. The van der Waals surface area contributed by atoms with E-state index in [2.05, 4.69) is 160 Å². The summed E-state index contributed by atoms with van der Waals surface area (Å²) >= 11 is 30.0. The molecule has 0 bridgehead atoms. The second-order valence-electron chi connectivity index (χ2n) is 36.1. The van der Waals surface area contributed by atoms with E-state index in [9.17, 15) is 13.2 Å². The molecule has 0 unspecified atom stereocenters. The Kier molecular flexibility index (Phi) is 35.6. The monoisotopic (exact) mass is 1880 g/mol. The Balaban J connectivity index is 0.000000188. The highest BCUT2D eigenvalue weighted by Gasteiger charge is 2.52. The molecule has 0 saturated carbocycles.